The third-order valence-corrected chi connectivity index (χ3v) is 4.22. The van der Waals surface area contributed by atoms with Crippen LogP contribution in [0.4, 0.5) is 5.95 Å². The van der Waals surface area contributed by atoms with Gasteiger partial charge in [0.15, 0.2) is 0 Å². The summed E-state index contributed by atoms with van der Waals surface area (Å²) in [5.74, 6) is 1.12. The van der Waals surface area contributed by atoms with Gasteiger partial charge >= 0.3 is 0 Å². The van der Waals surface area contributed by atoms with Gasteiger partial charge < -0.3 is 9.47 Å². The van der Waals surface area contributed by atoms with Crippen LogP contribution in [-0.2, 0) is 13.1 Å². The molecular weight excluding hydrogens is 260 g/mol. The molecule has 0 saturated carbocycles. The van der Waals surface area contributed by atoms with Crippen LogP contribution in [0, 0.1) is 6.92 Å². The third kappa shape index (κ3) is 3.27. The number of nitrogens with zero attached hydrogens (tertiary/aromatic N) is 4. The molecule has 21 heavy (non-hydrogen) atoms. The summed E-state index contributed by atoms with van der Waals surface area (Å²) in [7, 11) is 0. The first-order chi connectivity index (χ1) is 10.3. The smallest absolute Gasteiger partial charge is 0.205 e. The topological polar surface area (TPSA) is 24.3 Å². The van der Waals surface area contributed by atoms with Gasteiger partial charge in [-0.05, 0) is 19.4 Å². The summed E-state index contributed by atoms with van der Waals surface area (Å²) in [6.07, 6.45) is 3.96. The van der Waals surface area contributed by atoms with Gasteiger partial charge in [-0.25, -0.2) is 4.98 Å². The first-order valence-corrected chi connectivity index (χ1v) is 7.80. The summed E-state index contributed by atoms with van der Waals surface area (Å²) in [5, 5.41) is 0. The van der Waals surface area contributed by atoms with E-state index < -0.39 is 0 Å². The van der Waals surface area contributed by atoms with E-state index in [9.17, 15) is 0 Å². The van der Waals surface area contributed by atoms with Gasteiger partial charge in [0.05, 0.1) is 0 Å². The molecule has 4 nitrogen and oxygen atoms in total. The molecule has 2 aromatic rings. The van der Waals surface area contributed by atoms with E-state index in [1.54, 1.807) is 0 Å². The SMILES string of the molecule is CCn1ccnc1N1CCN(Cc2ccc(C)cc2)CC1. The van der Waals surface area contributed by atoms with Gasteiger partial charge in [0.25, 0.3) is 0 Å². The number of hydrogen-bond acceptors (Lipinski definition) is 3. The highest BCUT2D eigenvalue weighted by Gasteiger charge is 2.19. The number of anilines is 1. The van der Waals surface area contributed by atoms with Crippen LogP contribution in [0.1, 0.15) is 18.1 Å². The fraction of sp³-hybridized carbons (Fsp3) is 0.471. The molecular formula is C17H24N4. The number of hydrogen-bond donors (Lipinski definition) is 0. The Labute approximate surface area is 127 Å². The molecule has 0 amide bonds. The number of rotatable bonds is 4. The summed E-state index contributed by atoms with van der Waals surface area (Å²) in [5.41, 5.74) is 2.74. The van der Waals surface area contributed by atoms with Crippen molar-refractivity contribution in [1.29, 1.82) is 0 Å². The van der Waals surface area contributed by atoms with Crippen LogP contribution in [-0.4, -0.2) is 40.6 Å². The number of aryl methyl sites for hydroxylation is 2. The third-order valence-electron chi connectivity index (χ3n) is 4.22. The molecule has 112 valence electrons. The molecule has 0 aliphatic carbocycles. The van der Waals surface area contributed by atoms with Crippen molar-refractivity contribution < 1.29 is 0 Å². The van der Waals surface area contributed by atoms with E-state index in [-0.39, 0.29) is 0 Å². The fourth-order valence-corrected chi connectivity index (χ4v) is 2.89. The molecule has 1 aromatic carbocycles. The molecule has 2 heterocycles. The fourth-order valence-electron chi connectivity index (χ4n) is 2.89. The molecule has 0 unspecified atom stereocenters. The van der Waals surface area contributed by atoms with Gasteiger partial charge in [0.1, 0.15) is 0 Å². The van der Waals surface area contributed by atoms with Crippen LogP contribution in [0.2, 0.25) is 0 Å². The monoisotopic (exact) mass is 284 g/mol. The Morgan fingerprint density at radius 1 is 1.05 bits per heavy atom. The normalized spacial score (nSPS) is 16.4. The van der Waals surface area contributed by atoms with E-state index in [4.69, 9.17) is 0 Å². The van der Waals surface area contributed by atoms with Crippen molar-refractivity contribution in [2.24, 2.45) is 0 Å². The molecule has 4 heteroatoms. The maximum Gasteiger partial charge on any atom is 0.205 e. The molecule has 0 spiro atoms. The molecule has 1 aromatic heterocycles. The van der Waals surface area contributed by atoms with Crippen molar-refractivity contribution in [1.82, 2.24) is 14.5 Å². The number of piperazine rings is 1. The molecule has 0 bridgehead atoms. The second-order valence-electron chi connectivity index (χ2n) is 5.76. The Morgan fingerprint density at radius 2 is 1.76 bits per heavy atom. The van der Waals surface area contributed by atoms with E-state index in [0.29, 0.717) is 0 Å². The summed E-state index contributed by atoms with van der Waals surface area (Å²) < 4.78 is 2.22. The van der Waals surface area contributed by atoms with Gasteiger partial charge in [-0.15, -0.1) is 0 Å². The van der Waals surface area contributed by atoms with Crippen LogP contribution in [0.5, 0.6) is 0 Å². The molecule has 0 atom stereocenters. The van der Waals surface area contributed by atoms with Gasteiger partial charge in [0.2, 0.25) is 5.95 Å². The van der Waals surface area contributed by atoms with Crippen molar-refractivity contribution in [3.8, 4) is 0 Å². The first kappa shape index (κ1) is 14.1. The van der Waals surface area contributed by atoms with Crippen LogP contribution >= 0.6 is 0 Å². The lowest BCUT2D eigenvalue weighted by molar-refractivity contribution is 0.248. The quantitative estimate of drug-likeness (QED) is 0.862. The Kier molecular flexibility index (Phi) is 4.25. The van der Waals surface area contributed by atoms with Crippen LogP contribution < -0.4 is 4.90 Å². The second-order valence-corrected chi connectivity index (χ2v) is 5.76. The highest BCUT2D eigenvalue weighted by molar-refractivity contribution is 5.32. The lowest BCUT2D eigenvalue weighted by Crippen LogP contribution is -2.46. The zero-order valence-corrected chi connectivity index (χ0v) is 13.0. The minimum atomic E-state index is 0.985. The maximum atomic E-state index is 4.50. The Morgan fingerprint density at radius 3 is 2.43 bits per heavy atom. The Hall–Kier alpha value is -1.81. The van der Waals surface area contributed by atoms with E-state index in [1.165, 1.54) is 11.1 Å². The van der Waals surface area contributed by atoms with Gasteiger partial charge in [-0.1, -0.05) is 29.8 Å². The average Bonchev–Trinajstić information content (AvgIpc) is 2.99. The predicted octanol–water partition coefficient (Wildman–Crippen LogP) is 2.53. The molecule has 1 aliphatic heterocycles. The summed E-state index contributed by atoms with van der Waals surface area (Å²) in [6.45, 7) is 10.7. The maximum absolute atomic E-state index is 4.50. The van der Waals surface area contributed by atoms with Crippen LogP contribution in [0.15, 0.2) is 36.7 Å². The zero-order valence-electron chi connectivity index (χ0n) is 13.0. The standard InChI is InChI=1S/C17H24N4/c1-3-20-9-8-18-17(20)21-12-10-19(11-13-21)14-16-6-4-15(2)5-7-16/h4-9H,3,10-14H2,1-2H3. The minimum Gasteiger partial charge on any atom is -0.340 e. The van der Waals surface area contributed by atoms with Crippen molar-refractivity contribution in [2.45, 2.75) is 26.9 Å². The van der Waals surface area contributed by atoms with Crippen molar-refractivity contribution in [3.05, 3.63) is 47.8 Å². The molecule has 1 fully saturated rings. The molecule has 1 aliphatic rings. The van der Waals surface area contributed by atoms with Crippen LogP contribution in [0.3, 0.4) is 0 Å². The highest BCUT2D eigenvalue weighted by atomic mass is 15.3. The Bertz CT molecular complexity index is 565. The summed E-state index contributed by atoms with van der Waals surface area (Å²) in [6, 6.07) is 8.88. The number of imidazole rings is 1. The minimum absolute atomic E-state index is 0.985. The van der Waals surface area contributed by atoms with Crippen molar-refractivity contribution in [3.63, 3.8) is 0 Å². The largest absolute Gasteiger partial charge is 0.340 e. The number of aromatic nitrogens is 2. The van der Waals surface area contributed by atoms with Crippen molar-refractivity contribution in [2.75, 3.05) is 31.1 Å². The lowest BCUT2D eigenvalue weighted by Gasteiger charge is -2.35. The molecule has 0 N–H and O–H groups in total. The molecule has 0 radical (unpaired) electrons. The lowest BCUT2D eigenvalue weighted by atomic mass is 10.1. The second kappa shape index (κ2) is 6.31. The Balaban J connectivity index is 1.56. The molecule has 1 saturated heterocycles. The highest BCUT2D eigenvalue weighted by Crippen LogP contribution is 2.16. The first-order valence-electron chi connectivity index (χ1n) is 7.80. The van der Waals surface area contributed by atoms with Gasteiger partial charge in [-0.3, -0.25) is 4.90 Å². The zero-order chi connectivity index (χ0) is 14.7. The van der Waals surface area contributed by atoms with Crippen LogP contribution in [0.25, 0.3) is 0 Å². The van der Waals surface area contributed by atoms with Crippen molar-refractivity contribution >= 4 is 5.95 Å². The summed E-state index contributed by atoms with van der Waals surface area (Å²) in [4.78, 5) is 9.43. The van der Waals surface area contributed by atoms with Gasteiger partial charge in [-0.2, -0.15) is 0 Å². The average molecular weight is 284 g/mol. The van der Waals surface area contributed by atoms with Gasteiger partial charge in [0, 0.05) is 51.7 Å². The van der Waals surface area contributed by atoms with E-state index in [1.807, 2.05) is 6.20 Å². The van der Waals surface area contributed by atoms with E-state index >= 15 is 0 Å². The van der Waals surface area contributed by atoms with E-state index in [2.05, 4.69) is 63.7 Å². The van der Waals surface area contributed by atoms with E-state index in [0.717, 1.165) is 45.2 Å². The predicted molar refractivity (Wildman–Crippen MR) is 86.6 cm³/mol. The summed E-state index contributed by atoms with van der Waals surface area (Å²) >= 11 is 0. The number of benzene rings is 1. The molecule has 3 rings (SSSR count).